The van der Waals surface area contributed by atoms with Crippen molar-refractivity contribution in [2.45, 2.75) is 9.79 Å². The molecule has 0 bridgehead atoms. The molecule has 0 spiro atoms. The number of benzene rings is 2. The van der Waals surface area contributed by atoms with Crippen LogP contribution in [0, 0.1) is 0 Å². The Hall–Kier alpha value is -0.200. The molecule has 2 aromatic rings. The number of nitrogens with two attached hydrogens (primary N) is 1. The van der Waals surface area contributed by atoms with Crippen LogP contribution in [0.4, 0.5) is 5.69 Å². The van der Waals surface area contributed by atoms with Gasteiger partial charge < -0.3 is 8.59 Å². The van der Waals surface area contributed by atoms with Gasteiger partial charge in [0.05, 0.1) is 0 Å². The van der Waals surface area contributed by atoms with Gasteiger partial charge in [-0.3, -0.25) is 9.11 Å². The van der Waals surface area contributed by atoms with Crippen LogP contribution in [0.3, 0.4) is 0 Å². The molecule has 4 N–H and O–H groups in total. The van der Waals surface area contributed by atoms with E-state index in [9.17, 15) is 25.9 Å². The van der Waals surface area contributed by atoms with Gasteiger partial charge in [0.2, 0.25) is 0 Å². The van der Waals surface area contributed by atoms with Crippen LogP contribution in [-0.2, 0) is 20.2 Å². The van der Waals surface area contributed by atoms with Crippen LogP contribution in [0.25, 0.3) is 12.2 Å². The van der Waals surface area contributed by atoms with E-state index in [4.69, 9.17) is 5.73 Å². The molecule has 0 unspecified atom stereocenters. The average Bonchev–Trinajstić information content (AvgIpc) is 2.44. The van der Waals surface area contributed by atoms with Gasteiger partial charge in [-0.2, -0.15) is 16.8 Å². The first-order valence-corrected chi connectivity index (χ1v) is 9.08. The van der Waals surface area contributed by atoms with Crippen molar-refractivity contribution < 1.29 is 87.9 Å². The third kappa shape index (κ3) is 6.79. The largest absolute Gasteiger partial charge is 1.00 e. The minimum absolute atomic E-state index is 0. The van der Waals surface area contributed by atoms with E-state index < -0.39 is 25.1 Å². The van der Waals surface area contributed by atoms with E-state index in [1.807, 2.05) is 0 Å². The molecule has 0 heterocycles. The Kier molecular flexibility index (Phi) is 9.58. The van der Waals surface area contributed by atoms with E-state index in [0.717, 1.165) is 6.07 Å². The number of rotatable bonds is 4. The zero-order chi connectivity index (χ0) is 17.3. The van der Waals surface area contributed by atoms with Crippen LogP contribution < -0.4 is 64.8 Å². The fourth-order valence-corrected chi connectivity index (χ4v) is 3.35. The van der Waals surface area contributed by atoms with Gasteiger partial charge in [-0.25, -0.2) is 0 Å². The van der Waals surface area contributed by atoms with Gasteiger partial charge in [0, 0.05) is 5.69 Å². The Bertz CT molecular complexity index is 998. The van der Waals surface area contributed by atoms with Gasteiger partial charge in [-0.15, -0.1) is 0 Å². The summed E-state index contributed by atoms with van der Waals surface area (Å²) >= 11 is 0. The molecule has 7 nitrogen and oxygen atoms in total. The Morgan fingerprint density at radius 1 is 0.800 bits per heavy atom. The molecule has 0 aliphatic carbocycles. The summed E-state index contributed by atoms with van der Waals surface area (Å²) in [5.74, 6) is 0. The summed E-state index contributed by atoms with van der Waals surface area (Å²) in [6, 6.07) is 9.53. The van der Waals surface area contributed by atoms with Crippen molar-refractivity contribution in [3.63, 3.8) is 0 Å². The molecule has 0 atom stereocenters. The van der Waals surface area contributed by atoms with Gasteiger partial charge >= 0.3 is 59.1 Å². The molecule has 126 valence electrons. The summed E-state index contributed by atoms with van der Waals surface area (Å²) in [6.07, 6.45) is 2.61. The second-order valence-electron chi connectivity index (χ2n) is 4.62. The average molecular weight is 403 g/mol. The maximum atomic E-state index is 11.4. The Balaban J connectivity index is -0.00000144. The predicted octanol–water partition coefficient (Wildman–Crippen LogP) is -3.83. The molecule has 0 fully saturated rings. The summed E-state index contributed by atoms with van der Waals surface area (Å²) < 4.78 is 63.8. The van der Waals surface area contributed by atoms with Gasteiger partial charge in [-0.05, 0) is 29.3 Å². The second-order valence-corrected chi connectivity index (χ2v) is 7.40. The van der Waals surface area contributed by atoms with Gasteiger partial charge in [0.25, 0.3) is 20.2 Å². The summed E-state index contributed by atoms with van der Waals surface area (Å²) in [6.45, 7) is 0. The molecule has 25 heavy (non-hydrogen) atoms. The van der Waals surface area contributed by atoms with Crippen LogP contribution in [0.1, 0.15) is 14.0 Å². The van der Waals surface area contributed by atoms with E-state index in [-0.39, 0.29) is 83.7 Å². The molecule has 0 amide bonds. The van der Waals surface area contributed by atoms with Crippen molar-refractivity contribution in [1.82, 2.24) is 0 Å². The van der Waals surface area contributed by atoms with E-state index in [2.05, 4.69) is 0 Å². The van der Waals surface area contributed by atoms with Crippen LogP contribution >= 0.6 is 0 Å². The number of nitrogen functional groups attached to an aromatic ring is 1. The standard InChI is InChI=1S/C14H13NO6S2.2Na.2H/c15-12-8-7-11(14(9-12)23(19,20)21)6-5-10-3-1-2-4-13(10)22(16,17)18;;;;/h1-9H,15H2,(H,16,17,18)(H,19,20,21);;;;/q;2*+1;2*-1/b6-5+;;;;. The molecular weight excluding hydrogens is 388 g/mol. The number of hydrogen-bond donors (Lipinski definition) is 3. The Morgan fingerprint density at radius 3 is 1.80 bits per heavy atom. The zero-order valence-electron chi connectivity index (χ0n) is 15.6. The normalized spacial score (nSPS) is 11.6. The van der Waals surface area contributed by atoms with Crippen LogP contribution in [0.5, 0.6) is 0 Å². The maximum absolute atomic E-state index is 11.4. The van der Waals surface area contributed by atoms with Crippen molar-refractivity contribution in [2.75, 3.05) is 5.73 Å². The first-order valence-electron chi connectivity index (χ1n) is 6.20. The van der Waals surface area contributed by atoms with Gasteiger partial charge in [0.15, 0.2) is 0 Å². The minimum atomic E-state index is -4.50. The summed E-state index contributed by atoms with van der Waals surface area (Å²) in [5, 5.41) is 0. The second kappa shape index (κ2) is 9.65. The number of hydrogen-bond acceptors (Lipinski definition) is 5. The van der Waals surface area contributed by atoms with Crippen LogP contribution in [-0.4, -0.2) is 25.9 Å². The van der Waals surface area contributed by atoms with E-state index in [0.29, 0.717) is 0 Å². The van der Waals surface area contributed by atoms with Crippen molar-refractivity contribution in [3.8, 4) is 0 Å². The molecule has 0 aliphatic heterocycles. The monoisotopic (exact) mass is 403 g/mol. The smallest absolute Gasteiger partial charge is 1.00 e. The molecule has 0 saturated carbocycles. The van der Waals surface area contributed by atoms with E-state index in [1.54, 1.807) is 6.07 Å². The van der Waals surface area contributed by atoms with Gasteiger partial charge in [-0.1, -0.05) is 36.4 Å². The van der Waals surface area contributed by atoms with Crippen molar-refractivity contribution >= 4 is 38.1 Å². The van der Waals surface area contributed by atoms with Crippen molar-refractivity contribution in [2.24, 2.45) is 0 Å². The first kappa shape index (κ1) is 24.8. The summed E-state index contributed by atoms with van der Waals surface area (Å²) in [5.41, 5.74) is 5.92. The first-order chi connectivity index (χ1) is 10.6. The van der Waals surface area contributed by atoms with Crippen molar-refractivity contribution in [3.05, 3.63) is 53.6 Å². The maximum Gasteiger partial charge on any atom is 1.00 e. The summed E-state index contributed by atoms with van der Waals surface area (Å²) in [4.78, 5) is -0.724. The van der Waals surface area contributed by atoms with Crippen LogP contribution in [0.2, 0.25) is 0 Å². The van der Waals surface area contributed by atoms with E-state index >= 15 is 0 Å². The molecule has 11 heteroatoms. The zero-order valence-corrected chi connectivity index (χ0v) is 19.3. The fraction of sp³-hybridized carbons (Fsp3) is 0. The third-order valence-corrected chi connectivity index (χ3v) is 4.79. The topological polar surface area (TPSA) is 135 Å². The SMILES string of the molecule is Nc1ccc(/C=C/c2ccccc2S(=O)(=O)O)c(S(=O)(=O)O)c1.[H-].[H-].[Na+].[Na+]. The van der Waals surface area contributed by atoms with Crippen molar-refractivity contribution in [1.29, 1.82) is 0 Å². The molecule has 0 radical (unpaired) electrons. The third-order valence-electron chi connectivity index (χ3n) is 2.95. The molecule has 0 aliphatic rings. The van der Waals surface area contributed by atoms with Gasteiger partial charge in [0.1, 0.15) is 9.79 Å². The quantitative estimate of drug-likeness (QED) is 0.206. The summed E-state index contributed by atoms with van der Waals surface area (Å²) in [7, 11) is -8.92. The molecular formula is C14H15NNa2O6S2. The molecule has 2 rings (SSSR count). The van der Waals surface area contributed by atoms with E-state index in [1.165, 1.54) is 42.5 Å². The molecule has 0 aromatic heterocycles. The van der Waals surface area contributed by atoms with Crippen LogP contribution in [0.15, 0.2) is 52.3 Å². The predicted molar refractivity (Wildman–Crippen MR) is 88.1 cm³/mol. The number of anilines is 1. The Morgan fingerprint density at radius 2 is 1.28 bits per heavy atom. The molecule has 0 saturated heterocycles. The molecule has 2 aromatic carbocycles. The Labute approximate surface area is 193 Å². The fourth-order valence-electron chi connectivity index (χ4n) is 1.94. The minimum Gasteiger partial charge on any atom is -1.00 e.